The van der Waals surface area contributed by atoms with Crippen LogP contribution in [0.15, 0.2) is 18.2 Å². The molecule has 0 saturated heterocycles. The van der Waals surface area contributed by atoms with E-state index >= 15 is 0 Å². The first-order valence-corrected chi connectivity index (χ1v) is 4.44. The SMILES string of the molecule is COc1cccc(C(O)C(C)N)c1N. The van der Waals surface area contributed by atoms with Gasteiger partial charge >= 0.3 is 0 Å². The third kappa shape index (κ3) is 1.97. The lowest BCUT2D eigenvalue weighted by Crippen LogP contribution is -2.25. The largest absolute Gasteiger partial charge is 0.495 e. The van der Waals surface area contributed by atoms with E-state index in [0.29, 0.717) is 17.0 Å². The molecule has 0 bridgehead atoms. The molecule has 0 heterocycles. The molecule has 2 unspecified atom stereocenters. The van der Waals surface area contributed by atoms with Crippen molar-refractivity contribution in [2.45, 2.75) is 19.1 Å². The van der Waals surface area contributed by atoms with Gasteiger partial charge in [-0.1, -0.05) is 12.1 Å². The highest BCUT2D eigenvalue weighted by Gasteiger charge is 2.16. The summed E-state index contributed by atoms with van der Waals surface area (Å²) >= 11 is 0. The number of methoxy groups -OCH3 is 1. The second-order valence-electron chi connectivity index (χ2n) is 3.27. The van der Waals surface area contributed by atoms with Crippen molar-refractivity contribution in [3.8, 4) is 5.75 Å². The number of benzene rings is 1. The van der Waals surface area contributed by atoms with Crippen LogP contribution in [0.4, 0.5) is 5.69 Å². The quantitative estimate of drug-likeness (QED) is 0.620. The molecule has 0 amide bonds. The van der Waals surface area contributed by atoms with E-state index in [9.17, 15) is 5.11 Å². The number of aliphatic hydroxyl groups excluding tert-OH is 1. The first-order chi connectivity index (χ1) is 6.57. The summed E-state index contributed by atoms with van der Waals surface area (Å²) in [6.07, 6.45) is -0.759. The van der Waals surface area contributed by atoms with Crippen molar-refractivity contribution in [3.63, 3.8) is 0 Å². The van der Waals surface area contributed by atoms with Crippen molar-refractivity contribution in [1.82, 2.24) is 0 Å². The highest BCUT2D eigenvalue weighted by atomic mass is 16.5. The van der Waals surface area contributed by atoms with E-state index in [1.54, 1.807) is 25.1 Å². The van der Waals surface area contributed by atoms with Crippen LogP contribution in [-0.4, -0.2) is 18.3 Å². The number of rotatable bonds is 3. The number of anilines is 1. The molecule has 0 fully saturated rings. The van der Waals surface area contributed by atoms with Crippen LogP contribution >= 0.6 is 0 Å². The molecule has 0 aliphatic carbocycles. The van der Waals surface area contributed by atoms with Gasteiger partial charge in [-0.15, -0.1) is 0 Å². The summed E-state index contributed by atoms with van der Waals surface area (Å²) in [5.41, 5.74) is 12.4. The van der Waals surface area contributed by atoms with E-state index in [1.807, 2.05) is 0 Å². The lowest BCUT2D eigenvalue weighted by molar-refractivity contribution is 0.154. The third-order valence-electron chi connectivity index (χ3n) is 2.14. The Morgan fingerprint density at radius 1 is 1.43 bits per heavy atom. The summed E-state index contributed by atoms with van der Waals surface area (Å²) in [4.78, 5) is 0. The van der Waals surface area contributed by atoms with Crippen LogP contribution in [0.25, 0.3) is 0 Å². The zero-order chi connectivity index (χ0) is 10.7. The Kier molecular flexibility index (Phi) is 3.33. The summed E-state index contributed by atoms with van der Waals surface area (Å²) in [5, 5.41) is 9.74. The summed E-state index contributed by atoms with van der Waals surface area (Å²) in [6.45, 7) is 1.73. The van der Waals surface area contributed by atoms with Crippen LogP contribution in [-0.2, 0) is 0 Å². The second-order valence-corrected chi connectivity index (χ2v) is 3.27. The molecule has 0 aliphatic heterocycles. The van der Waals surface area contributed by atoms with Crippen molar-refractivity contribution in [2.24, 2.45) is 5.73 Å². The molecule has 4 nitrogen and oxygen atoms in total. The number of hydrogen-bond donors (Lipinski definition) is 3. The molecule has 0 radical (unpaired) electrons. The Balaban J connectivity index is 3.09. The standard InChI is InChI=1S/C10H16N2O2/c1-6(11)10(13)7-4-3-5-8(14-2)9(7)12/h3-6,10,13H,11-12H2,1-2H3. The molecular formula is C10H16N2O2. The van der Waals surface area contributed by atoms with Gasteiger partial charge in [-0.25, -0.2) is 0 Å². The monoisotopic (exact) mass is 196 g/mol. The summed E-state index contributed by atoms with van der Waals surface area (Å²) < 4.78 is 5.04. The molecular weight excluding hydrogens is 180 g/mol. The van der Waals surface area contributed by atoms with E-state index in [1.165, 1.54) is 7.11 Å². The Hall–Kier alpha value is -1.26. The van der Waals surface area contributed by atoms with Crippen LogP contribution in [0.3, 0.4) is 0 Å². The molecule has 1 aromatic rings. The zero-order valence-corrected chi connectivity index (χ0v) is 8.40. The fourth-order valence-electron chi connectivity index (χ4n) is 1.28. The molecule has 0 aromatic heterocycles. The fraction of sp³-hybridized carbons (Fsp3) is 0.400. The van der Waals surface area contributed by atoms with Crippen LogP contribution in [0.5, 0.6) is 5.75 Å². The van der Waals surface area contributed by atoms with Crippen molar-refractivity contribution < 1.29 is 9.84 Å². The molecule has 2 atom stereocenters. The van der Waals surface area contributed by atoms with Gasteiger partial charge in [-0.05, 0) is 13.0 Å². The molecule has 14 heavy (non-hydrogen) atoms. The van der Waals surface area contributed by atoms with E-state index in [0.717, 1.165) is 0 Å². The molecule has 0 saturated carbocycles. The number of hydrogen-bond acceptors (Lipinski definition) is 4. The minimum absolute atomic E-state index is 0.357. The van der Waals surface area contributed by atoms with E-state index < -0.39 is 6.10 Å². The van der Waals surface area contributed by atoms with Gasteiger partial charge in [-0.3, -0.25) is 0 Å². The van der Waals surface area contributed by atoms with Gasteiger partial charge in [0.2, 0.25) is 0 Å². The van der Waals surface area contributed by atoms with Gasteiger partial charge in [0.05, 0.1) is 18.9 Å². The van der Waals surface area contributed by atoms with Crippen LogP contribution in [0.1, 0.15) is 18.6 Å². The number of ether oxygens (including phenoxy) is 1. The van der Waals surface area contributed by atoms with E-state index in [-0.39, 0.29) is 6.04 Å². The first-order valence-electron chi connectivity index (χ1n) is 4.44. The fourth-order valence-corrected chi connectivity index (χ4v) is 1.28. The summed E-state index contributed by atoms with van der Waals surface area (Å²) in [6, 6.07) is 4.90. The minimum atomic E-state index is -0.759. The van der Waals surface area contributed by atoms with Gasteiger partial charge < -0.3 is 21.3 Å². The number of para-hydroxylation sites is 1. The number of aliphatic hydroxyl groups is 1. The topological polar surface area (TPSA) is 81.5 Å². The van der Waals surface area contributed by atoms with Crippen LogP contribution in [0, 0.1) is 0 Å². The second kappa shape index (κ2) is 4.30. The smallest absolute Gasteiger partial charge is 0.142 e. The third-order valence-corrected chi connectivity index (χ3v) is 2.14. The normalized spacial score (nSPS) is 14.9. The Morgan fingerprint density at radius 3 is 2.57 bits per heavy atom. The maximum atomic E-state index is 9.74. The van der Waals surface area contributed by atoms with Gasteiger partial charge in [0, 0.05) is 11.6 Å². The highest BCUT2D eigenvalue weighted by Crippen LogP contribution is 2.30. The molecule has 0 aliphatic rings. The maximum absolute atomic E-state index is 9.74. The zero-order valence-electron chi connectivity index (χ0n) is 8.40. The molecule has 4 heteroatoms. The Bertz CT molecular complexity index is 313. The van der Waals surface area contributed by atoms with E-state index in [4.69, 9.17) is 16.2 Å². The van der Waals surface area contributed by atoms with Crippen molar-refractivity contribution in [3.05, 3.63) is 23.8 Å². The Labute approximate surface area is 83.5 Å². The average Bonchev–Trinajstić information content (AvgIpc) is 2.17. The maximum Gasteiger partial charge on any atom is 0.142 e. The van der Waals surface area contributed by atoms with Crippen molar-refractivity contribution >= 4 is 5.69 Å². The summed E-state index contributed by atoms with van der Waals surface area (Å²) in [5.74, 6) is 0.558. The Morgan fingerprint density at radius 2 is 2.07 bits per heavy atom. The molecule has 0 spiro atoms. The molecule has 5 N–H and O–H groups in total. The van der Waals surface area contributed by atoms with Gasteiger partial charge in [-0.2, -0.15) is 0 Å². The van der Waals surface area contributed by atoms with Gasteiger partial charge in [0.25, 0.3) is 0 Å². The molecule has 1 aromatic carbocycles. The first kappa shape index (κ1) is 10.8. The summed E-state index contributed by atoms with van der Waals surface area (Å²) in [7, 11) is 1.54. The minimum Gasteiger partial charge on any atom is -0.495 e. The lowest BCUT2D eigenvalue weighted by Gasteiger charge is -2.18. The predicted molar refractivity (Wildman–Crippen MR) is 56.0 cm³/mol. The average molecular weight is 196 g/mol. The number of nitrogens with two attached hydrogens (primary N) is 2. The van der Waals surface area contributed by atoms with Crippen molar-refractivity contribution in [2.75, 3.05) is 12.8 Å². The van der Waals surface area contributed by atoms with Gasteiger partial charge in [0.15, 0.2) is 0 Å². The lowest BCUT2D eigenvalue weighted by atomic mass is 10.0. The predicted octanol–water partition coefficient (Wildman–Crippen LogP) is 0.658. The van der Waals surface area contributed by atoms with Crippen LogP contribution < -0.4 is 16.2 Å². The van der Waals surface area contributed by atoms with Crippen molar-refractivity contribution in [1.29, 1.82) is 0 Å². The molecule has 1 rings (SSSR count). The highest BCUT2D eigenvalue weighted by molar-refractivity contribution is 5.59. The van der Waals surface area contributed by atoms with E-state index in [2.05, 4.69) is 0 Å². The van der Waals surface area contributed by atoms with Crippen LogP contribution in [0.2, 0.25) is 0 Å². The van der Waals surface area contributed by atoms with Gasteiger partial charge in [0.1, 0.15) is 5.75 Å². The molecule has 78 valence electrons. The number of nitrogen functional groups attached to an aromatic ring is 1.